The lowest BCUT2D eigenvalue weighted by Gasteiger charge is -2.12. The fourth-order valence-electron chi connectivity index (χ4n) is 2.48. The maximum Gasteiger partial charge on any atom is 0.294 e. The number of ether oxygens (including phenoxy) is 1. The minimum absolute atomic E-state index is 0.306. The van der Waals surface area contributed by atoms with Gasteiger partial charge in [0.2, 0.25) is 5.91 Å². The van der Waals surface area contributed by atoms with Crippen LogP contribution in [0.15, 0.2) is 59.5 Å². The summed E-state index contributed by atoms with van der Waals surface area (Å²) >= 11 is 0.834. The van der Waals surface area contributed by atoms with Crippen molar-refractivity contribution in [1.82, 2.24) is 4.90 Å². The molecule has 2 aromatic carbocycles. The topological polar surface area (TPSA) is 75.7 Å². The van der Waals surface area contributed by atoms with Gasteiger partial charge < -0.3 is 10.1 Å². The molecule has 0 spiro atoms. The van der Waals surface area contributed by atoms with Crippen molar-refractivity contribution in [3.63, 3.8) is 0 Å². The van der Waals surface area contributed by atoms with Crippen LogP contribution in [-0.2, 0) is 9.59 Å². The Morgan fingerprint density at radius 2 is 1.81 bits per heavy atom. The monoisotopic (exact) mass is 382 g/mol. The van der Waals surface area contributed by atoms with Gasteiger partial charge in [-0.05, 0) is 54.6 Å². The molecule has 3 rings (SSSR count). The summed E-state index contributed by atoms with van der Waals surface area (Å²) in [6.45, 7) is 2.11. The van der Waals surface area contributed by atoms with Crippen molar-refractivity contribution < 1.29 is 19.1 Å². The van der Waals surface area contributed by atoms with Crippen LogP contribution >= 0.6 is 11.8 Å². The number of carbonyl (C=O) groups excluding carboxylic acids is 3. The van der Waals surface area contributed by atoms with Crippen molar-refractivity contribution in [2.45, 2.75) is 6.92 Å². The molecule has 1 heterocycles. The summed E-state index contributed by atoms with van der Waals surface area (Å²) in [5, 5.41) is 2.22. The summed E-state index contributed by atoms with van der Waals surface area (Å²) < 4.78 is 5.34. The van der Waals surface area contributed by atoms with E-state index in [0.29, 0.717) is 22.9 Å². The average molecular weight is 382 g/mol. The molecule has 3 amide bonds. The van der Waals surface area contributed by atoms with Crippen LogP contribution in [0, 0.1) is 0 Å². The largest absolute Gasteiger partial charge is 0.494 e. The van der Waals surface area contributed by atoms with E-state index in [9.17, 15) is 14.4 Å². The van der Waals surface area contributed by atoms with Crippen molar-refractivity contribution in [2.24, 2.45) is 0 Å². The summed E-state index contributed by atoms with van der Waals surface area (Å²) in [7, 11) is 0. The van der Waals surface area contributed by atoms with Gasteiger partial charge in [0, 0.05) is 5.69 Å². The standard InChI is InChI=1S/C20H18N2O4S/c1-2-26-16-10-8-15(9-11-16)21-18(23)13-22-19(24)17(27-20(22)25)12-14-6-4-3-5-7-14/h3-12H,2,13H2,1H3,(H,21,23)/b17-12-. The van der Waals surface area contributed by atoms with Crippen molar-refractivity contribution in [3.05, 3.63) is 65.1 Å². The minimum atomic E-state index is -0.462. The highest BCUT2D eigenvalue weighted by Crippen LogP contribution is 2.32. The van der Waals surface area contributed by atoms with E-state index in [0.717, 1.165) is 22.2 Å². The van der Waals surface area contributed by atoms with Gasteiger partial charge in [-0.1, -0.05) is 30.3 Å². The molecule has 7 heteroatoms. The predicted octanol–water partition coefficient (Wildman–Crippen LogP) is 3.76. The number of imide groups is 1. The van der Waals surface area contributed by atoms with Crippen LogP contribution in [0.5, 0.6) is 5.75 Å². The van der Waals surface area contributed by atoms with Gasteiger partial charge in [0.1, 0.15) is 12.3 Å². The number of nitrogens with one attached hydrogen (secondary N) is 1. The van der Waals surface area contributed by atoms with Crippen LogP contribution in [0.1, 0.15) is 12.5 Å². The van der Waals surface area contributed by atoms with Gasteiger partial charge in [-0.3, -0.25) is 19.3 Å². The molecule has 1 fully saturated rings. The molecule has 0 saturated carbocycles. The molecular formula is C20H18N2O4S. The van der Waals surface area contributed by atoms with Crippen LogP contribution in [0.2, 0.25) is 0 Å². The van der Waals surface area contributed by atoms with Gasteiger partial charge in [0.05, 0.1) is 11.5 Å². The Bertz CT molecular complexity index is 879. The minimum Gasteiger partial charge on any atom is -0.494 e. The molecule has 0 atom stereocenters. The summed E-state index contributed by atoms with van der Waals surface area (Å²) in [6, 6.07) is 16.1. The first-order valence-corrected chi connectivity index (χ1v) is 9.21. The molecular weight excluding hydrogens is 364 g/mol. The smallest absolute Gasteiger partial charge is 0.294 e. The molecule has 1 N–H and O–H groups in total. The van der Waals surface area contributed by atoms with Crippen LogP contribution < -0.4 is 10.1 Å². The van der Waals surface area contributed by atoms with Gasteiger partial charge in [-0.2, -0.15) is 0 Å². The van der Waals surface area contributed by atoms with Crippen molar-refractivity contribution in [2.75, 3.05) is 18.5 Å². The Kier molecular flexibility index (Phi) is 5.93. The average Bonchev–Trinajstić information content (AvgIpc) is 2.92. The van der Waals surface area contributed by atoms with Gasteiger partial charge in [-0.15, -0.1) is 0 Å². The zero-order valence-corrected chi connectivity index (χ0v) is 15.5. The van der Waals surface area contributed by atoms with Gasteiger partial charge >= 0.3 is 0 Å². The number of nitrogens with zero attached hydrogens (tertiary/aromatic N) is 1. The summed E-state index contributed by atoms with van der Waals surface area (Å²) in [4.78, 5) is 38.0. The number of benzene rings is 2. The molecule has 1 aliphatic rings. The molecule has 0 bridgehead atoms. The van der Waals surface area contributed by atoms with Crippen molar-refractivity contribution in [1.29, 1.82) is 0 Å². The van der Waals surface area contributed by atoms with Crippen LogP contribution in [0.4, 0.5) is 10.5 Å². The van der Waals surface area contributed by atoms with Gasteiger partial charge in [-0.25, -0.2) is 0 Å². The third kappa shape index (κ3) is 4.77. The van der Waals surface area contributed by atoms with Crippen molar-refractivity contribution >= 4 is 40.6 Å². The lowest BCUT2D eigenvalue weighted by molar-refractivity contribution is -0.127. The number of thioether (sulfide) groups is 1. The maximum atomic E-state index is 12.4. The molecule has 1 saturated heterocycles. The van der Waals surface area contributed by atoms with E-state index in [1.807, 2.05) is 37.3 Å². The van der Waals surface area contributed by atoms with Crippen LogP contribution in [0.3, 0.4) is 0 Å². The number of anilines is 1. The molecule has 2 aromatic rings. The molecule has 0 unspecified atom stereocenters. The predicted molar refractivity (Wildman–Crippen MR) is 105 cm³/mol. The Morgan fingerprint density at radius 1 is 1.11 bits per heavy atom. The van der Waals surface area contributed by atoms with E-state index in [-0.39, 0.29) is 6.54 Å². The summed E-state index contributed by atoms with van der Waals surface area (Å²) in [6.07, 6.45) is 1.65. The number of rotatable bonds is 6. The number of carbonyl (C=O) groups is 3. The van der Waals surface area contributed by atoms with E-state index in [4.69, 9.17) is 4.74 Å². The molecule has 138 valence electrons. The Labute approximate surface area is 161 Å². The van der Waals surface area contributed by atoms with E-state index in [2.05, 4.69) is 5.32 Å². The summed E-state index contributed by atoms with van der Waals surface area (Å²) in [5.74, 6) is -0.203. The second kappa shape index (κ2) is 8.55. The molecule has 0 radical (unpaired) electrons. The Hall–Kier alpha value is -3.06. The maximum absolute atomic E-state index is 12.4. The van der Waals surface area contributed by atoms with Crippen molar-refractivity contribution in [3.8, 4) is 5.75 Å². The molecule has 0 aliphatic carbocycles. The van der Waals surface area contributed by atoms with Gasteiger partial charge in [0.15, 0.2) is 0 Å². The van der Waals surface area contributed by atoms with E-state index in [1.165, 1.54) is 0 Å². The van der Waals surface area contributed by atoms with E-state index >= 15 is 0 Å². The number of hydrogen-bond acceptors (Lipinski definition) is 5. The molecule has 1 aliphatic heterocycles. The highest BCUT2D eigenvalue weighted by atomic mass is 32.2. The SMILES string of the molecule is CCOc1ccc(NC(=O)CN2C(=O)S/C(=C\c3ccccc3)C2=O)cc1. The zero-order chi connectivity index (χ0) is 19.2. The Morgan fingerprint density at radius 3 is 2.48 bits per heavy atom. The molecule has 6 nitrogen and oxygen atoms in total. The second-order valence-corrected chi connectivity index (χ2v) is 6.68. The van der Waals surface area contributed by atoms with E-state index in [1.54, 1.807) is 30.3 Å². The first-order valence-electron chi connectivity index (χ1n) is 8.40. The molecule has 27 heavy (non-hydrogen) atoms. The lowest BCUT2D eigenvalue weighted by atomic mass is 10.2. The fourth-order valence-corrected chi connectivity index (χ4v) is 3.32. The zero-order valence-electron chi connectivity index (χ0n) is 14.7. The normalized spacial score (nSPS) is 15.3. The highest BCUT2D eigenvalue weighted by molar-refractivity contribution is 8.18. The quantitative estimate of drug-likeness (QED) is 0.770. The highest BCUT2D eigenvalue weighted by Gasteiger charge is 2.36. The van der Waals surface area contributed by atoms with Crippen LogP contribution in [0.25, 0.3) is 6.08 Å². The number of hydrogen-bond donors (Lipinski definition) is 1. The summed E-state index contributed by atoms with van der Waals surface area (Å²) in [5.41, 5.74) is 1.39. The molecule has 0 aromatic heterocycles. The first-order chi connectivity index (χ1) is 13.1. The fraction of sp³-hybridized carbons (Fsp3) is 0.150. The lowest BCUT2D eigenvalue weighted by Crippen LogP contribution is -2.36. The number of amides is 3. The second-order valence-electron chi connectivity index (χ2n) is 5.68. The first kappa shape index (κ1) is 18.7. The third-order valence-electron chi connectivity index (χ3n) is 3.72. The third-order valence-corrected chi connectivity index (χ3v) is 4.63. The van der Waals surface area contributed by atoms with E-state index < -0.39 is 17.1 Å². The van der Waals surface area contributed by atoms with Gasteiger partial charge in [0.25, 0.3) is 11.1 Å². The Balaban J connectivity index is 1.63. The van der Waals surface area contributed by atoms with Crippen LogP contribution in [-0.4, -0.2) is 35.1 Å².